The van der Waals surface area contributed by atoms with Gasteiger partial charge in [0.1, 0.15) is 5.02 Å². The zero-order valence-electron chi connectivity index (χ0n) is 16.0. The van der Waals surface area contributed by atoms with Gasteiger partial charge < -0.3 is 4.90 Å². The lowest BCUT2D eigenvalue weighted by molar-refractivity contribution is -0.384. The van der Waals surface area contributed by atoms with Gasteiger partial charge in [-0.05, 0) is 31.2 Å². The van der Waals surface area contributed by atoms with Crippen molar-refractivity contribution in [3.05, 3.63) is 63.3 Å². The lowest BCUT2D eigenvalue weighted by Gasteiger charge is -2.35. The molecule has 0 saturated carbocycles. The normalized spacial score (nSPS) is 15.5. The molecule has 30 heavy (non-hydrogen) atoms. The summed E-state index contributed by atoms with van der Waals surface area (Å²) in [5.41, 5.74) is 1.93. The Labute approximate surface area is 178 Å². The predicted molar refractivity (Wildman–Crippen MR) is 113 cm³/mol. The fraction of sp³-hybridized carbons (Fsp3) is 0.263. The number of para-hydroxylation sites is 2. The van der Waals surface area contributed by atoms with Gasteiger partial charge in [-0.25, -0.2) is 18.4 Å². The number of rotatable bonds is 4. The van der Waals surface area contributed by atoms with Gasteiger partial charge in [-0.15, -0.1) is 0 Å². The number of sulfonamides is 1. The van der Waals surface area contributed by atoms with Crippen LogP contribution in [0.2, 0.25) is 5.02 Å². The fourth-order valence-corrected chi connectivity index (χ4v) is 5.09. The van der Waals surface area contributed by atoms with E-state index >= 15 is 0 Å². The van der Waals surface area contributed by atoms with Crippen LogP contribution in [0.15, 0.2) is 47.4 Å². The molecule has 0 bridgehead atoms. The van der Waals surface area contributed by atoms with Crippen LogP contribution in [0.5, 0.6) is 0 Å². The number of halogens is 1. The van der Waals surface area contributed by atoms with Crippen LogP contribution < -0.4 is 4.90 Å². The number of hydrogen-bond acceptors (Lipinski definition) is 7. The van der Waals surface area contributed by atoms with Gasteiger partial charge in [0.15, 0.2) is 5.82 Å². The number of fused-ring (bicyclic) bond motifs is 1. The summed E-state index contributed by atoms with van der Waals surface area (Å²) in [6, 6.07) is 11.1. The molecule has 1 aromatic heterocycles. The second-order valence-electron chi connectivity index (χ2n) is 6.88. The van der Waals surface area contributed by atoms with Crippen LogP contribution in [-0.2, 0) is 10.0 Å². The number of nitrogens with zero attached hydrogens (tertiary/aromatic N) is 5. The number of anilines is 1. The van der Waals surface area contributed by atoms with Crippen LogP contribution in [0.1, 0.15) is 5.69 Å². The Morgan fingerprint density at radius 2 is 1.67 bits per heavy atom. The Bertz CT molecular complexity index is 1240. The first-order valence-electron chi connectivity index (χ1n) is 9.20. The van der Waals surface area contributed by atoms with Gasteiger partial charge in [-0.2, -0.15) is 4.31 Å². The average molecular weight is 448 g/mol. The maximum atomic E-state index is 13.0. The molecule has 2 heterocycles. The largest absolute Gasteiger partial charge is 0.352 e. The SMILES string of the molecule is Cc1nc2ccccc2nc1N1CCN(S(=O)(=O)c2ccc(Cl)c([N+](=O)[O-])c2)CC1. The number of nitro groups is 1. The van der Waals surface area contributed by atoms with E-state index in [1.165, 1.54) is 16.4 Å². The van der Waals surface area contributed by atoms with E-state index < -0.39 is 20.6 Å². The monoisotopic (exact) mass is 447 g/mol. The van der Waals surface area contributed by atoms with Crippen LogP contribution in [-0.4, -0.2) is 53.8 Å². The summed E-state index contributed by atoms with van der Waals surface area (Å²) in [5.74, 6) is 0.730. The summed E-state index contributed by atoms with van der Waals surface area (Å²) in [7, 11) is -3.88. The molecule has 11 heteroatoms. The number of aryl methyl sites for hydroxylation is 1. The molecule has 1 aliphatic rings. The fourth-order valence-electron chi connectivity index (χ4n) is 3.46. The Balaban J connectivity index is 1.55. The Kier molecular flexibility index (Phi) is 5.31. The number of aromatic nitrogens is 2. The first kappa shape index (κ1) is 20.5. The Morgan fingerprint density at radius 1 is 1.03 bits per heavy atom. The third-order valence-corrected chi connectivity index (χ3v) is 7.22. The molecule has 0 N–H and O–H groups in total. The molecule has 1 aliphatic heterocycles. The van der Waals surface area contributed by atoms with Crippen molar-refractivity contribution in [2.45, 2.75) is 11.8 Å². The van der Waals surface area contributed by atoms with Crippen molar-refractivity contribution in [3.8, 4) is 0 Å². The highest BCUT2D eigenvalue weighted by Gasteiger charge is 2.31. The van der Waals surface area contributed by atoms with Crippen molar-refractivity contribution in [2.75, 3.05) is 31.1 Å². The summed E-state index contributed by atoms with van der Waals surface area (Å²) >= 11 is 5.80. The van der Waals surface area contributed by atoms with Crippen LogP contribution >= 0.6 is 11.6 Å². The summed E-state index contributed by atoms with van der Waals surface area (Å²) in [6.07, 6.45) is 0. The lowest BCUT2D eigenvalue weighted by atomic mass is 10.2. The van der Waals surface area contributed by atoms with Gasteiger partial charge >= 0.3 is 0 Å². The van der Waals surface area contributed by atoms with Crippen molar-refractivity contribution in [3.63, 3.8) is 0 Å². The number of piperazine rings is 1. The van der Waals surface area contributed by atoms with E-state index in [1.54, 1.807) is 0 Å². The molecule has 0 unspecified atom stereocenters. The number of nitro benzene ring substituents is 1. The smallest absolute Gasteiger partial charge is 0.289 e. The van der Waals surface area contributed by atoms with Crippen molar-refractivity contribution >= 4 is 44.2 Å². The van der Waals surface area contributed by atoms with Gasteiger partial charge in [-0.3, -0.25) is 10.1 Å². The van der Waals surface area contributed by atoms with E-state index in [4.69, 9.17) is 16.6 Å². The van der Waals surface area contributed by atoms with E-state index in [0.717, 1.165) is 28.6 Å². The molecular formula is C19H18ClN5O4S. The molecule has 0 aliphatic carbocycles. The molecule has 9 nitrogen and oxygen atoms in total. The standard InChI is InChI=1S/C19H18ClN5O4S/c1-13-19(22-17-5-3-2-4-16(17)21-13)23-8-10-24(11-9-23)30(28,29)14-6-7-15(20)18(12-14)25(26)27/h2-7,12H,8-11H2,1H3. The lowest BCUT2D eigenvalue weighted by Crippen LogP contribution is -2.49. The van der Waals surface area contributed by atoms with Gasteiger partial charge in [0.2, 0.25) is 10.0 Å². The molecule has 0 spiro atoms. The summed E-state index contributed by atoms with van der Waals surface area (Å²) < 4.78 is 27.3. The van der Waals surface area contributed by atoms with Crippen molar-refractivity contribution < 1.29 is 13.3 Å². The van der Waals surface area contributed by atoms with E-state index in [2.05, 4.69) is 4.98 Å². The van der Waals surface area contributed by atoms with Crippen molar-refractivity contribution in [1.82, 2.24) is 14.3 Å². The third-order valence-electron chi connectivity index (χ3n) is 5.01. The van der Waals surface area contributed by atoms with Gasteiger partial charge in [0.25, 0.3) is 5.69 Å². The van der Waals surface area contributed by atoms with Crippen molar-refractivity contribution in [2.24, 2.45) is 0 Å². The first-order valence-corrected chi connectivity index (χ1v) is 11.0. The third kappa shape index (κ3) is 3.69. The summed E-state index contributed by atoms with van der Waals surface area (Å²) in [6.45, 7) is 3.20. The maximum Gasteiger partial charge on any atom is 0.289 e. The summed E-state index contributed by atoms with van der Waals surface area (Å²) in [5, 5.41) is 11.0. The first-order chi connectivity index (χ1) is 14.3. The predicted octanol–water partition coefficient (Wildman–Crippen LogP) is 3.01. The van der Waals surface area contributed by atoms with E-state index in [0.29, 0.717) is 13.1 Å². The van der Waals surface area contributed by atoms with Gasteiger partial charge in [0.05, 0.1) is 26.5 Å². The zero-order chi connectivity index (χ0) is 21.5. The van der Waals surface area contributed by atoms with Crippen molar-refractivity contribution in [1.29, 1.82) is 0 Å². The highest BCUT2D eigenvalue weighted by molar-refractivity contribution is 7.89. The topological polar surface area (TPSA) is 110 Å². The average Bonchev–Trinajstić information content (AvgIpc) is 2.73. The second-order valence-corrected chi connectivity index (χ2v) is 9.23. The van der Waals surface area contributed by atoms with Gasteiger partial charge in [-0.1, -0.05) is 23.7 Å². The molecule has 1 saturated heterocycles. The highest BCUT2D eigenvalue weighted by atomic mass is 35.5. The Morgan fingerprint density at radius 3 is 2.30 bits per heavy atom. The quantitative estimate of drug-likeness (QED) is 0.446. The minimum atomic E-state index is -3.88. The Hall–Kier alpha value is -2.82. The second kappa shape index (κ2) is 7.78. The molecule has 0 radical (unpaired) electrons. The van der Waals surface area contributed by atoms with Crippen LogP contribution in [0, 0.1) is 17.0 Å². The molecule has 0 atom stereocenters. The van der Waals surface area contributed by atoms with E-state index in [1.807, 2.05) is 36.1 Å². The van der Waals surface area contributed by atoms with E-state index in [9.17, 15) is 18.5 Å². The minimum absolute atomic E-state index is 0.103. The van der Waals surface area contributed by atoms with Crippen LogP contribution in [0.4, 0.5) is 11.5 Å². The van der Waals surface area contributed by atoms with Crippen LogP contribution in [0.25, 0.3) is 11.0 Å². The highest BCUT2D eigenvalue weighted by Crippen LogP contribution is 2.29. The minimum Gasteiger partial charge on any atom is -0.352 e. The number of benzene rings is 2. The summed E-state index contributed by atoms with van der Waals surface area (Å²) in [4.78, 5) is 21.5. The number of hydrogen-bond donors (Lipinski definition) is 0. The molecule has 156 valence electrons. The molecule has 2 aromatic carbocycles. The zero-order valence-corrected chi connectivity index (χ0v) is 17.6. The molecule has 3 aromatic rings. The molecular weight excluding hydrogens is 430 g/mol. The molecule has 4 rings (SSSR count). The maximum absolute atomic E-state index is 13.0. The molecule has 1 fully saturated rings. The van der Waals surface area contributed by atoms with Crippen LogP contribution in [0.3, 0.4) is 0 Å². The molecule has 0 amide bonds. The van der Waals surface area contributed by atoms with Gasteiger partial charge in [0, 0.05) is 32.2 Å². The van der Waals surface area contributed by atoms with E-state index in [-0.39, 0.29) is 23.0 Å².